The molecule has 1 aliphatic heterocycles. The number of nitrogens with zero attached hydrogens (tertiary/aromatic N) is 4. The van der Waals surface area contributed by atoms with Crippen LogP contribution < -0.4 is 4.90 Å². The zero-order chi connectivity index (χ0) is 20.6. The van der Waals surface area contributed by atoms with Crippen LogP contribution in [-0.4, -0.2) is 49.1 Å². The molecule has 3 heterocycles. The van der Waals surface area contributed by atoms with Crippen LogP contribution in [0.4, 0.5) is 5.82 Å². The summed E-state index contributed by atoms with van der Waals surface area (Å²) in [6.45, 7) is 8.38. The molecule has 2 aromatic heterocycles. The molecule has 6 nitrogen and oxygen atoms in total. The number of aromatic nitrogens is 2. The van der Waals surface area contributed by atoms with Crippen molar-refractivity contribution in [3.8, 4) is 11.3 Å². The average molecular weight is 429 g/mol. The number of hydrogen-bond donors (Lipinski definition) is 0. The molecule has 0 bridgehead atoms. The predicted molar refractivity (Wildman–Crippen MR) is 117 cm³/mol. The van der Waals surface area contributed by atoms with Crippen molar-refractivity contribution in [3.63, 3.8) is 0 Å². The first-order chi connectivity index (χ1) is 13.9. The number of thiophene rings is 1. The minimum absolute atomic E-state index is 0.402. The molecule has 0 radical (unpaired) electrons. The molecule has 0 spiro atoms. The van der Waals surface area contributed by atoms with Gasteiger partial charge in [0.05, 0.1) is 5.69 Å². The normalized spacial score (nSPS) is 15.6. The lowest BCUT2D eigenvalue weighted by Crippen LogP contribution is -2.48. The predicted octanol–water partition coefficient (Wildman–Crippen LogP) is 3.64. The standard InChI is InChI=1S/C21H24N4O2S2/c1-15-13-17(3)18(14-16(15)2)19-6-7-20(23-22-19)24-8-10-25(11-9-24)29(26,27)21-5-4-12-28-21/h4-7,12-14H,8-11H2,1-3H3. The molecule has 1 saturated heterocycles. The Morgan fingerprint density at radius 2 is 1.62 bits per heavy atom. The van der Waals surface area contributed by atoms with Gasteiger partial charge >= 0.3 is 0 Å². The molecule has 29 heavy (non-hydrogen) atoms. The van der Waals surface area contributed by atoms with Gasteiger partial charge in [0.1, 0.15) is 4.21 Å². The van der Waals surface area contributed by atoms with Gasteiger partial charge < -0.3 is 4.90 Å². The smallest absolute Gasteiger partial charge is 0.252 e. The molecule has 0 amide bonds. The molecule has 0 atom stereocenters. The molecule has 0 N–H and O–H groups in total. The van der Waals surface area contributed by atoms with E-state index >= 15 is 0 Å². The first-order valence-corrected chi connectivity index (χ1v) is 11.9. The minimum Gasteiger partial charge on any atom is -0.352 e. The molecule has 152 valence electrons. The van der Waals surface area contributed by atoms with Crippen molar-refractivity contribution in [1.29, 1.82) is 0 Å². The number of rotatable bonds is 4. The van der Waals surface area contributed by atoms with Gasteiger partial charge in [-0.15, -0.1) is 21.5 Å². The maximum atomic E-state index is 12.7. The van der Waals surface area contributed by atoms with E-state index in [-0.39, 0.29) is 0 Å². The van der Waals surface area contributed by atoms with Gasteiger partial charge in [-0.25, -0.2) is 8.42 Å². The molecule has 3 aromatic rings. The highest BCUT2D eigenvalue weighted by Crippen LogP contribution is 2.26. The number of aryl methyl sites for hydroxylation is 3. The van der Waals surface area contributed by atoms with E-state index in [1.54, 1.807) is 21.8 Å². The van der Waals surface area contributed by atoms with Gasteiger partial charge in [0.25, 0.3) is 10.0 Å². The highest BCUT2D eigenvalue weighted by Gasteiger charge is 2.29. The van der Waals surface area contributed by atoms with Crippen LogP contribution in [-0.2, 0) is 10.0 Å². The van der Waals surface area contributed by atoms with Crippen LogP contribution in [0.2, 0.25) is 0 Å². The van der Waals surface area contributed by atoms with E-state index in [2.05, 4.69) is 48.0 Å². The van der Waals surface area contributed by atoms with Gasteiger partial charge in [-0.1, -0.05) is 12.1 Å². The second kappa shape index (κ2) is 7.85. The van der Waals surface area contributed by atoms with Crippen molar-refractivity contribution in [2.75, 3.05) is 31.1 Å². The summed E-state index contributed by atoms with van der Waals surface area (Å²) < 4.78 is 27.3. The van der Waals surface area contributed by atoms with Crippen LogP contribution in [0, 0.1) is 20.8 Å². The molecular formula is C21H24N4O2S2. The Morgan fingerprint density at radius 1 is 0.897 bits per heavy atom. The van der Waals surface area contributed by atoms with E-state index in [1.807, 2.05) is 12.1 Å². The lowest BCUT2D eigenvalue weighted by Gasteiger charge is -2.34. The number of hydrogen-bond acceptors (Lipinski definition) is 6. The third-order valence-electron chi connectivity index (χ3n) is 5.42. The molecule has 0 unspecified atom stereocenters. The second-order valence-corrected chi connectivity index (χ2v) is 10.5. The maximum absolute atomic E-state index is 12.7. The van der Waals surface area contributed by atoms with Crippen LogP contribution in [0.5, 0.6) is 0 Å². The lowest BCUT2D eigenvalue weighted by molar-refractivity contribution is 0.384. The summed E-state index contributed by atoms with van der Waals surface area (Å²) in [5.74, 6) is 0.781. The summed E-state index contributed by atoms with van der Waals surface area (Å²) in [5, 5.41) is 10.7. The van der Waals surface area contributed by atoms with E-state index in [1.165, 1.54) is 28.0 Å². The fourth-order valence-corrected chi connectivity index (χ4v) is 6.14. The summed E-state index contributed by atoms with van der Waals surface area (Å²) in [4.78, 5) is 2.09. The summed E-state index contributed by atoms with van der Waals surface area (Å²) in [7, 11) is -3.39. The highest BCUT2D eigenvalue weighted by molar-refractivity contribution is 7.91. The fraction of sp³-hybridized carbons (Fsp3) is 0.333. The largest absolute Gasteiger partial charge is 0.352 e. The SMILES string of the molecule is Cc1cc(C)c(-c2ccc(N3CCN(S(=O)(=O)c4cccs4)CC3)nn2)cc1C. The Balaban J connectivity index is 1.47. The number of benzene rings is 1. The van der Waals surface area contributed by atoms with E-state index in [9.17, 15) is 8.42 Å². The van der Waals surface area contributed by atoms with Gasteiger partial charge in [-0.3, -0.25) is 0 Å². The summed E-state index contributed by atoms with van der Waals surface area (Å²) in [6.07, 6.45) is 0. The molecular weight excluding hydrogens is 404 g/mol. The van der Waals surface area contributed by atoms with Gasteiger partial charge in [0.15, 0.2) is 5.82 Å². The molecule has 0 aliphatic carbocycles. The Bertz CT molecular complexity index is 1100. The van der Waals surface area contributed by atoms with E-state index < -0.39 is 10.0 Å². The lowest BCUT2D eigenvalue weighted by atomic mass is 9.99. The third-order valence-corrected chi connectivity index (χ3v) is 8.69. The van der Waals surface area contributed by atoms with Crippen molar-refractivity contribution in [3.05, 3.63) is 58.5 Å². The topological polar surface area (TPSA) is 66.4 Å². The third kappa shape index (κ3) is 3.92. The van der Waals surface area contributed by atoms with Crippen LogP contribution in [0.25, 0.3) is 11.3 Å². The van der Waals surface area contributed by atoms with Crippen molar-refractivity contribution in [2.45, 2.75) is 25.0 Å². The Hall–Kier alpha value is -2.29. The summed E-state index contributed by atoms with van der Waals surface area (Å²) in [5.41, 5.74) is 5.64. The highest BCUT2D eigenvalue weighted by atomic mass is 32.2. The number of anilines is 1. The monoisotopic (exact) mass is 428 g/mol. The molecule has 1 fully saturated rings. The Labute approximate surface area is 175 Å². The molecule has 1 aliphatic rings. The molecule has 1 aromatic carbocycles. The van der Waals surface area contributed by atoms with Crippen molar-refractivity contribution in [1.82, 2.24) is 14.5 Å². The van der Waals surface area contributed by atoms with E-state index in [0.717, 1.165) is 17.1 Å². The van der Waals surface area contributed by atoms with Crippen LogP contribution >= 0.6 is 11.3 Å². The van der Waals surface area contributed by atoms with Crippen molar-refractivity contribution in [2.24, 2.45) is 0 Å². The van der Waals surface area contributed by atoms with Gasteiger partial charge in [-0.2, -0.15) is 4.31 Å². The summed E-state index contributed by atoms with van der Waals surface area (Å²) in [6, 6.07) is 11.7. The molecule has 0 saturated carbocycles. The van der Waals surface area contributed by atoms with Crippen LogP contribution in [0.15, 0.2) is 46.0 Å². The van der Waals surface area contributed by atoms with Gasteiger partial charge in [-0.05, 0) is 67.1 Å². The zero-order valence-corrected chi connectivity index (χ0v) is 18.4. The van der Waals surface area contributed by atoms with E-state index in [0.29, 0.717) is 30.4 Å². The molecule has 4 rings (SSSR count). The Morgan fingerprint density at radius 3 is 2.24 bits per heavy atom. The fourth-order valence-electron chi connectivity index (χ4n) is 3.57. The van der Waals surface area contributed by atoms with Crippen LogP contribution in [0.3, 0.4) is 0 Å². The second-order valence-electron chi connectivity index (χ2n) is 7.35. The van der Waals surface area contributed by atoms with Gasteiger partial charge in [0, 0.05) is 31.7 Å². The average Bonchev–Trinajstić information content (AvgIpc) is 3.27. The Kier molecular flexibility index (Phi) is 5.42. The number of piperazine rings is 1. The number of sulfonamides is 1. The van der Waals surface area contributed by atoms with Crippen molar-refractivity contribution < 1.29 is 8.42 Å². The maximum Gasteiger partial charge on any atom is 0.252 e. The first kappa shape index (κ1) is 20.0. The van der Waals surface area contributed by atoms with Gasteiger partial charge in [0.2, 0.25) is 0 Å². The van der Waals surface area contributed by atoms with Crippen LogP contribution in [0.1, 0.15) is 16.7 Å². The molecule has 8 heteroatoms. The quantitative estimate of drug-likeness (QED) is 0.635. The van der Waals surface area contributed by atoms with E-state index in [4.69, 9.17) is 0 Å². The first-order valence-electron chi connectivity index (χ1n) is 9.57. The van der Waals surface area contributed by atoms with Crippen molar-refractivity contribution >= 4 is 27.2 Å². The minimum atomic E-state index is -3.39. The zero-order valence-electron chi connectivity index (χ0n) is 16.8. The summed E-state index contributed by atoms with van der Waals surface area (Å²) >= 11 is 1.26.